The molecule has 2 aliphatic rings. The second-order valence-corrected chi connectivity index (χ2v) is 8.62. The van der Waals surface area contributed by atoms with Gasteiger partial charge in [0.2, 0.25) is 0 Å². The molecule has 1 aliphatic carbocycles. The molecule has 0 bridgehead atoms. The second kappa shape index (κ2) is 11.0. The van der Waals surface area contributed by atoms with E-state index in [0.29, 0.717) is 49.7 Å². The number of aromatic hydroxyl groups is 1. The summed E-state index contributed by atoms with van der Waals surface area (Å²) >= 11 is 0. The first kappa shape index (κ1) is 23.5. The number of morpholine rings is 1. The van der Waals surface area contributed by atoms with Crippen molar-refractivity contribution in [2.24, 2.45) is 0 Å². The second-order valence-electron chi connectivity index (χ2n) is 8.62. The maximum atomic E-state index is 12.3. The number of nitrogens with zero attached hydrogens (tertiary/aromatic N) is 1. The fourth-order valence-corrected chi connectivity index (χ4v) is 4.38. The molecule has 8 heteroatoms. The quantitative estimate of drug-likeness (QED) is 0.474. The number of benzene rings is 2. The van der Waals surface area contributed by atoms with Gasteiger partial charge in [-0.25, -0.2) is 0 Å². The van der Waals surface area contributed by atoms with E-state index >= 15 is 0 Å². The zero-order valence-electron chi connectivity index (χ0n) is 18.7. The molecule has 1 amide bonds. The van der Waals surface area contributed by atoms with Crippen LogP contribution in [0.1, 0.15) is 34.8 Å². The monoisotopic (exact) mass is 456 g/mol. The summed E-state index contributed by atoms with van der Waals surface area (Å²) in [7, 11) is 0. The van der Waals surface area contributed by atoms with Gasteiger partial charge in [0, 0.05) is 31.2 Å². The Morgan fingerprint density at radius 1 is 1.18 bits per heavy atom. The Balaban J connectivity index is 1.29. The van der Waals surface area contributed by atoms with E-state index in [1.165, 1.54) is 17.2 Å². The highest BCUT2D eigenvalue weighted by Crippen LogP contribution is 2.27. The molecule has 1 unspecified atom stereocenters. The molecular formula is C25H32N2O6. The fourth-order valence-electron chi connectivity index (χ4n) is 4.38. The Labute approximate surface area is 193 Å². The molecule has 1 aliphatic heterocycles. The summed E-state index contributed by atoms with van der Waals surface area (Å²) in [6, 6.07) is 11.0. The maximum absolute atomic E-state index is 12.3. The summed E-state index contributed by atoms with van der Waals surface area (Å²) < 4.78 is 11.1. The smallest absolute Gasteiger partial charge is 0.260 e. The van der Waals surface area contributed by atoms with Crippen LogP contribution in [0.4, 0.5) is 0 Å². The van der Waals surface area contributed by atoms with Crippen molar-refractivity contribution >= 4 is 5.91 Å². The van der Waals surface area contributed by atoms with Crippen LogP contribution in [0.15, 0.2) is 36.4 Å². The van der Waals surface area contributed by atoms with Crippen molar-refractivity contribution in [1.29, 1.82) is 0 Å². The van der Waals surface area contributed by atoms with Gasteiger partial charge in [-0.05, 0) is 60.2 Å². The molecule has 2 aromatic rings. The van der Waals surface area contributed by atoms with Gasteiger partial charge in [0.25, 0.3) is 5.91 Å². The molecule has 0 radical (unpaired) electrons. The molecule has 0 spiro atoms. The number of phenols is 1. The van der Waals surface area contributed by atoms with Crippen LogP contribution < -0.4 is 10.1 Å². The minimum Gasteiger partial charge on any atom is -0.508 e. The SMILES string of the molecule is O=C(COc1ccc2c(c1)C[C@@H](NCC(O)c1ccc(O)c(CO)c1)CC2)N1CCOCC1. The Hall–Kier alpha value is -2.65. The largest absolute Gasteiger partial charge is 0.508 e. The number of carbonyl (C=O) groups is 1. The highest BCUT2D eigenvalue weighted by molar-refractivity contribution is 5.77. The van der Waals surface area contributed by atoms with Crippen molar-refractivity contribution in [3.63, 3.8) is 0 Å². The van der Waals surface area contributed by atoms with Crippen molar-refractivity contribution in [2.75, 3.05) is 39.5 Å². The number of hydrogen-bond donors (Lipinski definition) is 4. The predicted octanol–water partition coefficient (Wildman–Crippen LogP) is 1.30. The van der Waals surface area contributed by atoms with Crippen LogP contribution in [-0.4, -0.2) is 71.6 Å². The van der Waals surface area contributed by atoms with Gasteiger partial charge in [-0.15, -0.1) is 0 Å². The molecule has 4 N–H and O–H groups in total. The standard InChI is InChI=1S/C25H32N2O6/c28-15-20-11-18(3-6-23(20)29)24(30)14-26-21-4-1-17-2-5-22(13-19(17)12-21)33-16-25(31)27-7-9-32-10-8-27/h2-3,5-6,11,13,21,24,26,28-30H,1,4,7-10,12,14-16H2/t21-,24?/m0/s1. The van der Waals surface area contributed by atoms with Crippen molar-refractivity contribution in [2.45, 2.75) is 38.0 Å². The third-order valence-electron chi connectivity index (χ3n) is 6.39. The molecule has 0 saturated carbocycles. The molecule has 1 heterocycles. The number of ether oxygens (including phenoxy) is 2. The molecule has 2 atom stereocenters. The molecule has 0 aromatic heterocycles. The first-order valence-corrected chi connectivity index (χ1v) is 11.5. The summed E-state index contributed by atoms with van der Waals surface area (Å²) in [4.78, 5) is 14.1. The van der Waals surface area contributed by atoms with E-state index in [1.807, 2.05) is 12.1 Å². The zero-order chi connectivity index (χ0) is 23.2. The van der Waals surface area contributed by atoms with Crippen LogP contribution in [0.3, 0.4) is 0 Å². The number of aliphatic hydroxyl groups is 2. The van der Waals surface area contributed by atoms with Gasteiger partial charge in [0.1, 0.15) is 11.5 Å². The van der Waals surface area contributed by atoms with Crippen molar-refractivity contribution in [1.82, 2.24) is 10.2 Å². The normalized spacial score (nSPS) is 19.1. The Morgan fingerprint density at radius 2 is 2.00 bits per heavy atom. The summed E-state index contributed by atoms with van der Waals surface area (Å²) in [5.74, 6) is 0.690. The number of aliphatic hydroxyl groups excluding tert-OH is 2. The summed E-state index contributed by atoms with van der Waals surface area (Å²) in [5, 5.41) is 33.0. The first-order chi connectivity index (χ1) is 16.0. The third-order valence-corrected chi connectivity index (χ3v) is 6.39. The molecular weight excluding hydrogens is 424 g/mol. The van der Waals surface area contributed by atoms with Gasteiger partial charge >= 0.3 is 0 Å². The van der Waals surface area contributed by atoms with Crippen molar-refractivity contribution in [3.05, 3.63) is 58.7 Å². The average molecular weight is 457 g/mol. The van der Waals surface area contributed by atoms with E-state index in [0.717, 1.165) is 19.3 Å². The van der Waals surface area contributed by atoms with E-state index in [2.05, 4.69) is 11.4 Å². The van der Waals surface area contributed by atoms with Crippen LogP contribution in [0.2, 0.25) is 0 Å². The van der Waals surface area contributed by atoms with E-state index in [1.54, 1.807) is 17.0 Å². The lowest BCUT2D eigenvalue weighted by Crippen LogP contribution is -2.43. The Kier molecular flexibility index (Phi) is 7.82. The van der Waals surface area contributed by atoms with Gasteiger partial charge in [-0.2, -0.15) is 0 Å². The van der Waals surface area contributed by atoms with Gasteiger partial charge in [-0.1, -0.05) is 12.1 Å². The van der Waals surface area contributed by atoms with E-state index in [9.17, 15) is 20.1 Å². The predicted molar refractivity (Wildman–Crippen MR) is 122 cm³/mol. The van der Waals surface area contributed by atoms with Gasteiger partial charge in [-0.3, -0.25) is 4.79 Å². The lowest BCUT2D eigenvalue weighted by atomic mass is 9.88. The molecule has 2 aromatic carbocycles. The Morgan fingerprint density at radius 3 is 2.79 bits per heavy atom. The van der Waals surface area contributed by atoms with Crippen molar-refractivity contribution in [3.8, 4) is 11.5 Å². The number of rotatable bonds is 8. The molecule has 8 nitrogen and oxygen atoms in total. The molecule has 4 rings (SSSR count). The number of carbonyl (C=O) groups excluding carboxylic acids is 1. The number of hydrogen-bond acceptors (Lipinski definition) is 7. The summed E-state index contributed by atoms with van der Waals surface area (Å²) in [5.41, 5.74) is 3.53. The summed E-state index contributed by atoms with van der Waals surface area (Å²) in [6.45, 7) is 2.48. The van der Waals surface area contributed by atoms with Crippen molar-refractivity contribution < 1.29 is 29.6 Å². The number of amides is 1. The zero-order valence-corrected chi connectivity index (χ0v) is 18.7. The molecule has 178 valence electrons. The molecule has 1 fully saturated rings. The number of aryl methyl sites for hydroxylation is 1. The van der Waals surface area contributed by atoms with E-state index in [4.69, 9.17) is 9.47 Å². The van der Waals surface area contributed by atoms with Crippen LogP contribution in [0.25, 0.3) is 0 Å². The van der Waals surface area contributed by atoms with Crippen LogP contribution in [0.5, 0.6) is 11.5 Å². The first-order valence-electron chi connectivity index (χ1n) is 11.5. The van der Waals surface area contributed by atoms with Crippen LogP contribution in [0, 0.1) is 0 Å². The minimum atomic E-state index is -0.738. The summed E-state index contributed by atoms with van der Waals surface area (Å²) in [6.07, 6.45) is 1.98. The lowest BCUT2D eigenvalue weighted by molar-refractivity contribution is -0.137. The highest BCUT2D eigenvalue weighted by Gasteiger charge is 2.21. The van der Waals surface area contributed by atoms with Gasteiger partial charge in [0.15, 0.2) is 6.61 Å². The average Bonchev–Trinajstić information content (AvgIpc) is 2.86. The fraction of sp³-hybridized carbons (Fsp3) is 0.480. The minimum absolute atomic E-state index is 0.0229. The highest BCUT2D eigenvalue weighted by atomic mass is 16.5. The Bertz CT molecular complexity index is 960. The number of fused-ring (bicyclic) bond motifs is 1. The van der Waals surface area contributed by atoms with E-state index in [-0.39, 0.29) is 30.9 Å². The van der Waals surface area contributed by atoms with Gasteiger partial charge in [0.05, 0.1) is 25.9 Å². The van der Waals surface area contributed by atoms with Crippen LogP contribution in [-0.2, 0) is 29.0 Å². The number of nitrogens with one attached hydrogen (secondary N) is 1. The third kappa shape index (κ3) is 6.03. The molecule has 1 saturated heterocycles. The lowest BCUT2D eigenvalue weighted by Gasteiger charge is -2.28. The topological polar surface area (TPSA) is 111 Å². The van der Waals surface area contributed by atoms with Gasteiger partial charge < -0.3 is 35.0 Å². The maximum Gasteiger partial charge on any atom is 0.260 e. The van der Waals surface area contributed by atoms with E-state index < -0.39 is 6.10 Å². The van der Waals surface area contributed by atoms with Crippen LogP contribution >= 0.6 is 0 Å². The molecule has 33 heavy (non-hydrogen) atoms.